The third-order valence-electron chi connectivity index (χ3n) is 5.11. The summed E-state index contributed by atoms with van der Waals surface area (Å²) in [5.41, 5.74) is 2.01. The molecule has 2 N–H and O–H groups in total. The quantitative estimate of drug-likeness (QED) is 0.438. The van der Waals surface area contributed by atoms with Crippen LogP contribution in [0.15, 0.2) is 84.1 Å². The van der Waals surface area contributed by atoms with E-state index in [0.717, 1.165) is 28.0 Å². The number of nitrogens with zero attached hydrogens (tertiary/aromatic N) is 3. The molecule has 5 rings (SSSR count). The van der Waals surface area contributed by atoms with Gasteiger partial charge in [-0.1, -0.05) is 18.2 Å². The molecule has 1 aromatic carbocycles. The molecule has 0 saturated heterocycles. The number of hydrogen-bond donors (Lipinski definition) is 2. The highest BCUT2D eigenvalue weighted by Crippen LogP contribution is 2.48. The Labute approximate surface area is 178 Å². The Morgan fingerprint density at radius 2 is 1.87 bits per heavy atom. The van der Waals surface area contributed by atoms with Crippen molar-refractivity contribution in [2.45, 2.75) is 17.2 Å². The van der Waals surface area contributed by atoms with Crippen molar-refractivity contribution in [3.63, 3.8) is 0 Å². The number of aromatic nitrogens is 3. The van der Waals surface area contributed by atoms with Gasteiger partial charge in [0.1, 0.15) is 11.6 Å². The fraction of sp³-hybridized carbons (Fsp3) is 0.130. The van der Waals surface area contributed by atoms with Crippen LogP contribution in [0.3, 0.4) is 0 Å². The first kappa shape index (κ1) is 18.6. The highest BCUT2D eigenvalue weighted by Gasteiger charge is 2.44. The number of carbonyl (C=O) groups excluding carboxylic acids is 1. The summed E-state index contributed by atoms with van der Waals surface area (Å²) >= 11 is 1.52. The Hall–Kier alpha value is -3.45. The van der Waals surface area contributed by atoms with Crippen LogP contribution in [0.2, 0.25) is 0 Å². The van der Waals surface area contributed by atoms with E-state index in [1.807, 2.05) is 36.4 Å². The lowest BCUT2D eigenvalue weighted by Crippen LogP contribution is -2.15. The van der Waals surface area contributed by atoms with Gasteiger partial charge in [-0.25, -0.2) is 9.97 Å². The van der Waals surface area contributed by atoms with Gasteiger partial charge in [0.15, 0.2) is 0 Å². The minimum atomic E-state index is -0.00918. The molecular weight excluding hydrogens is 394 g/mol. The van der Waals surface area contributed by atoms with Crippen molar-refractivity contribution >= 4 is 40.4 Å². The molecule has 3 heterocycles. The maximum absolute atomic E-state index is 12.6. The minimum absolute atomic E-state index is 0.00918. The molecule has 1 saturated carbocycles. The van der Waals surface area contributed by atoms with Crippen molar-refractivity contribution < 1.29 is 4.79 Å². The molecule has 0 radical (unpaired) electrons. The zero-order chi connectivity index (χ0) is 20.3. The van der Waals surface area contributed by atoms with Crippen molar-refractivity contribution in [1.82, 2.24) is 15.0 Å². The number of amides is 1. The molecule has 1 fully saturated rings. The molecule has 0 spiro atoms. The lowest BCUT2D eigenvalue weighted by Gasteiger charge is -2.07. The number of rotatable bonds is 6. The third-order valence-corrected chi connectivity index (χ3v) is 5.93. The predicted octanol–water partition coefficient (Wildman–Crippen LogP) is 4.89. The molecule has 0 bridgehead atoms. The Balaban J connectivity index is 1.18. The maximum Gasteiger partial charge on any atom is 0.229 e. The second-order valence-electron chi connectivity index (χ2n) is 7.19. The smallest absolute Gasteiger partial charge is 0.229 e. The van der Waals surface area contributed by atoms with Crippen LogP contribution in [0.1, 0.15) is 17.9 Å². The van der Waals surface area contributed by atoms with Gasteiger partial charge in [-0.2, -0.15) is 0 Å². The van der Waals surface area contributed by atoms with Crippen molar-refractivity contribution in [3.8, 4) is 0 Å². The van der Waals surface area contributed by atoms with Gasteiger partial charge in [-0.15, -0.1) is 0 Å². The number of nitrogens with one attached hydrogen (secondary N) is 2. The standard InChI is InChI=1S/C23H19N5OS/c29-23(27-22-9-6-16-14-24-12-10-20(16)26-22)19-13-18(19)15-4-7-17(8-5-15)30-28-21-3-1-2-11-25-21/h1-12,14,18-19H,13H2,(H,25,28)(H,26,27,29). The number of hydrogen-bond acceptors (Lipinski definition) is 6. The topological polar surface area (TPSA) is 79.8 Å². The van der Waals surface area contributed by atoms with Gasteiger partial charge < -0.3 is 10.0 Å². The Morgan fingerprint density at radius 3 is 2.70 bits per heavy atom. The summed E-state index contributed by atoms with van der Waals surface area (Å²) < 4.78 is 3.22. The van der Waals surface area contributed by atoms with Crippen molar-refractivity contribution in [1.29, 1.82) is 0 Å². The van der Waals surface area contributed by atoms with E-state index >= 15 is 0 Å². The summed E-state index contributed by atoms with van der Waals surface area (Å²) in [4.78, 5) is 26.6. The Kier molecular flexibility index (Phi) is 5.03. The third kappa shape index (κ3) is 4.11. The first-order valence-corrected chi connectivity index (χ1v) is 10.5. The second kappa shape index (κ2) is 8.12. The summed E-state index contributed by atoms with van der Waals surface area (Å²) in [6.07, 6.45) is 6.08. The van der Waals surface area contributed by atoms with E-state index in [2.05, 4.69) is 49.3 Å². The van der Waals surface area contributed by atoms with Crippen LogP contribution in [0.25, 0.3) is 10.9 Å². The first-order valence-electron chi connectivity index (χ1n) is 9.72. The maximum atomic E-state index is 12.6. The highest BCUT2D eigenvalue weighted by molar-refractivity contribution is 8.00. The fourth-order valence-corrected chi connectivity index (χ4v) is 4.04. The zero-order valence-corrected chi connectivity index (χ0v) is 16.8. The summed E-state index contributed by atoms with van der Waals surface area (Å²) in [7, 11) is 0. The van der Waals surface area contributed by atoms with Crippen LogP contribution in [0.4, 0.5) is 11.6 Å². The molecule has 3 aromatic heterocycles. The molecule has 148 valence electrons. The van der Waals surface area contributed by atoms with Gasteiger partial charge in [0, 0.05) is 34.8 Å². The molecule has 0 aliphatic heterocycles. The predicted molar refractivity (Wildman–Crippen MR) is 119 cm³/mol. The van der Waals surface area contributed by atoms with Crippen molar-refractivity contribution in [3.05, 3.63) is 84.8 Å². The zero-order valence-electron chi connectivity index (χ0n) is 16.0. The fourth-order valence-electron chi connectivity index (χ4n) is 3.42. The molecule has 2 atom stereocenters. The summed E-state index contributed by atoms with van der Waals surface area (Å²) in [5.74, 6) is 1.68. The molecule has 30 heavy (non-hydrogen) atoms. The average molecular weight is 414 g/mol. The number of carbonyl (C=O) groups is 1. The molecule has 7 heteroatoms. The van der Waals surface area contributed by atoms with Gasteiger partial charge in [0.2, 0.25) is 5.91 Å². The normalized spacial score (nSPS) is 17.5. The van der Waals surface area contributed by atoms with E-state index < -0.39 is 0 Å². The van der Waals surface area contributed by atoms with Crippen LogP contribution in [0, 0.1) is 5.92 Å². The second-order valence-corrected chi connectivity index (χ2v) is 8.07. The lowest BCUT2D eigenvalue weighted by molar-refractivity contribution is -0.117. The van der Waals surface area contributed by atoms with Gasteiger partial charge in [0.25, 0.3) is 0 Å². The first-order chi connectivity index (χ1) is 14.8. The van der Waals surface area contributed by atoms with Crippen LogP contribution in [0.5, 0.6) is 0 Å². The van der Waals surface area contributed by atoms with E-state index in [9.17, 15) is 4.79 Å². The summed E-state index contributed by atoms with van der Waals surface area (Å²) in [6.45, 7) is 0. The Morgan fingerprint density at radius 1 is 0.967 bits per heavy atom. The van der Waals surface area contributed by atoms with E-state index in [1.165, 1.54) is 17.5 Å². The summed E-state index contributed by atoms with van der Waals surface area (Å²) in [6, 6.07) is 19.7. The molecule has 1 amide bonds. The molecule has 1 aliphatic carbocycles. The molecular formula is C23H19N5OS. The summed E-state index contributed by atoms with van der Waals surface area (Å²) in [5, 5.41) is 3.91. The monoisotopic (exact) mass is 413 g/mol. The van der Waals surface area contributed by atoms with Crippen molar-refractivity contribution in [2.75, 3.05) is 10.0 Å². The van der Waals surface area contributed by atoms with E-state index in [-0.39, 0.29) is 17.7 Å². The lowest BCUT2D eigenvalue weighted by atomic mass is 10.1. The van der Waals surface area contributed by atoms with Crippen molar-refractivity contribution in [2.24, 2.45) is 5.92 Å². The van der Waals surface area contributed by atoms with Gasteiger partial charge in [-0.3, -0.25) is 9.78 Å². The molecule has 4 aromatic rings. The van der Waals surface area contributed by atoms with Gasteiger partial charge in [0.05, 0.1) is 5.52 Å². The SMILES string of the molecule is O=C(Nc1ccc2cnccc2n1)C1CC1c1ccc(SNc2ccccn2)cc1. The van der Waals surface area contributed by atoms with Crippen LogP contribution in [-0.4, -0.2) is 20.9 Å². The van der Waals surface area contributed by atoms with E-state index in [4.69, 9.17) is 0 Å². The van der Waals surface area contributed by atoms with Gasteiger partial charge in [-0.05, 0) is 72.3 Å². The number of benzene rings is 1. The molecule has 1 aliphatic rings. The van der Waals surface area contributed by atoms with Gasteiger partial charge >= 0.3 is 0 Å². The largest absolute Gasteiger partial charge is 0.310 e. The Bertz CT molecular complexity index is 1180. The van der Waals surface area contributed by atoms with E-state index in [0.29, 0.717) is 5.82 Å². The van der Waals surface area contributed by atoms with E-state index in [1.54, 1.807) is 18.6 Å². The van der Waals surface area contributed by atoms with Crippen LogP contribution in [-0.2, 0) is 4.79 Å². The number of pyridine rings is 3. The number of fused-ring (bicyclic) bond motifs is 1. The molecule has 2 unspecified atom stereocenters. The molecule has 6 nitrogen and oxygen atoms in total. The highest BCUT2D eigenvalue weighted by atomic mass is 32.2. The number of anilines is 2. The van der Waals surface area contributed by atoms with Crippen LogP contribution >= 0.6 is 11.9 Å². The van der Waals surface area contributed by atoms with Crippen LogP contribution < -0.4 is 10.0 Å². The average Bonchev–Trinajstić information content (AvgIpc) is 3.60. The minimum Gasteiger partial charge on any atom is -0.310 e.